The topological polar surface area (TPSA) is 148 Å². The van der Waals surface area contributed by atoms with Crippen LogP contribution in [0.25, 0.3) is 22.0 Å². The van der Waals surface area contributed by atoms with Gasteiger partial charge in [0.2, 0.25) is 0 Å². The van der Waals surface area contributed by atoms with Crippen molar-refractivity contribution in [2.24, 2.45) is 0 Å². The lowest BCUT2D eigenvalue weighted by atomic mass is 10.1. The summed E-state index contributed by atoms with van der Waals surface area (Å²) in [5.74, 6) is -0.115. The minimum absolute atomic E-state index is 0.154. The summed E-state index contributed by atoms with van der Waals surface area (Å²) < 4.78 is 12.8. The molecule has 11 nitrogen and oxygen atoms in total. The lowest BCUT2D eigenvalue weighted by Gasteiger charge is -2.24. The molecule has 1 amide bonds. The van der Waals surface area contributed by atoms with Gasteiger partial charge < -0.3 is 19.6 Å². The molecule has 1 aliphatic heterocycles. The number of hydrogen-bond donors (Lipinski definition) is 3. The van der Waals surface area contributed by atoms with Gasteiger partial charge in [-0.15, -0.1) is 11.3 Å². The highest BCUT2D eigenvalue weighted by Crippen LogP contribution is 2.40. The molecular formula is C20H20N6O5S. The van der Waals surface area contributed by atoms with Gasteiger partial charge in [-0.3, -0.25) is 19.4 Å². The van der Waals surface area contributed by atoms with E-state index in [1.54, 1.807) is 30.7 Å². The maximum absolute atomic E-state index is 12.8. The molecule has 0 aromatic carbocycles. The minimum Gasteiger partial charge on any atom is -0.483 e. The normalized spacial score (nSPS) is 13.9. The quantitative estimate of drug-likeness (QED) is 0.387. The number of carboxylic acid groups (broad SMARTS) is 1. The second kappa shape index (κ2) is 10.0. The third kappa shape index (κ3) is 4.45. The zero-order valence-electron chi connectivity index (χ0n) is 16.8. The van der Waals surface area contributed by atoms with Crippen LogP contribution < -0.4 is 5.32 Å². The van der Waals surface area contributed by atoms with E-state index in [0.29, 0.717) is 24.6 Å². The van der Waals surface area contributed by atoms with E-state index < -0.39 is 0 Å². The number of nitrogens with one attached hydrogen (secondary N) is 2. The molecule has 1 aliphatic rings. The van der Waals surface area contributed by atoms with Crippen LogP contribution in [0.3, 0.4) is 0 Å². The molecule has 5 heterocycles. The van der Waals surface area contributed by atoms with E-state index in [-0.39, 0.29) is 24.2 Å². The molecule has 0 saturated carbocycles. The summed E-state index contributed by atoms with van der Waals surface area (Å²) in [5.41, 5.74) is 2.84. The Morgan fingerprint density at radius 1 is 1.38 bits per heavy atom. The fourth-order valence-corrected chi connectivity index (χ4v) is 4.10. The number of thiazole rings is 1. The number of aromatic nitrogens is 5. The number of ether oxygens (including phenoxy) is 1. The largest absolute Gasteiger partial charge is 0.483 e. The van der Waals surface area contributed by atoms with Gasteiger partial charge in [0.25, 0.3) is 12.4 Å². The van der Waals surface area contributed by atoms with Crippen molar-refractivity contribution >= 4 is 29.4 Å². The summed E-state index contributed by atoms with van der Waals surface area (Å²) in [6, 6.07) is 3.46. The summed E-state index contributed by atoms with van der Waals surface area (Å²) in [4.78, 5) is 25.6. The molecule has 0 bridgehead atoms. The number of aromatic amines is 1. The molecular weight excluding hydrogens is 436 g/mol. The van der Waals surface area contributed by atoms with Gasteiger partial charge in [0.1, 0.15) is 10.7 Å². The van der Waals surface area contributed by atoms with Gasteiger partial charge in [-0.1, -0.05) is 0 Å². The molecule has 0 spiro atoms. The van der Waals surface area contributed by atoms with Crippen molar-refractivity contribution in [1.29, 1.82) is 0 Å². The Morgan fingerprint density at radius 2 is 2.19 bits per heavy atom. The fourth-order valence-electron chi connectivity index (χ4n) is 3.48. The van der Waals surface area contributed by atoms with Crippen LogP contribution in [0.15, 0.2) is 46.8 Å². The predicted molar refractivity (Wildman–Crippen MR) is 115 cm³/mol. The van der Waals surface area contributed by atoms with Crippen LogP contribution in [0.4, 0.5) is 5.69 Å². The van der Waals surface area contributed by atoms with Gasteiger partial charge in [0.15, 0.2) is 5.76 Å². The van der Waals surface area contributed by atoms with Crippen molar-refractivity contribution in [3.63, 3.8) is 0 Å². The van der Waals surface area contributed by atoms with Crippen LogP contribution in [0, 0.1) is 0 Å². The Bertz CT molecular complexity index is 1130. The van der Waals surface area contributed by atoms with Crippen LogP contribution in [0.2, 0.25) is 0 Å². The Kier molecular flexibility index (Phi) is 6.72. The second-order valence-electron chi connectivity index (χ2n) is 6.72. The first-order chi connectivity index (χ1) is 15.7. The van der Waals surface area contributed by atoms with E-state index in [9.17, 15) is 4.79 Å². The van der Waals surface area contributed by atoms with Crippen LogP contribution >= 0.6 is 11.3 Å². The van der Waals surface area contributed by atoms with Crippen LogP contribution in [0.5, 0.6) is 0 Å². The summed E-state index contributed by atoms with van der Waals surface area (Å²) in [5, 5.41) is 24.3. The first-order valence-electron chi connectivity index (χ1n) is 9.75. The van der Waals surface area contributed by atoms with E-state index in [4.69, 9.17) is 24.2 Å². The lowest BCUT2D eigenvalue weighted by Crippen LogP contribution is -2.21. The van der Waals surface area contributed by atoms with Crippen molar-refractivity contribution in [2.75, 3.05) is 18.5 Å². The molecule has 1 fully saturated rings. The second-order valence-corrected chi connectivity index (χ2v) is 7.62. The summed E-state index contributed by atoms with van der Waals surface area (Å²) >= 11 is 1.47. The number of nitrogens with zero attached hydrogens (tertiary/aromatic N) is 4. The summed E-state index contributed by atoms with van der Waals surface area (Å²) in [7, 11) is 0. The Labute approximate surface area is 186 Å². The van der Waals surface area contributed by atoms with Crippen LogP contribution in [-0.4, -0.2) is 55.7 Å². The summed E-state index contributed by atoms with van der Waals surface area (Å²) in [6.45, 7) is 1.10. The maximum Gasteiger partial charge on any atom is 0.291 e. The average Bonchev–Trinajstić information content (AvgIpc) is 3.62. The molecule has 0 aliphatic carbocycles. The molecule has 32 heavy (non-hydrogen) atoms. The molecule has 0 atom stereocenters. The molecule has 0 unspecified atom stereocenters. The fraction of sp³-hybridized carbons (Fsp3) is 0.250. The van der Waals surface area contributed by atoms with Crippen molar-refractivity contribution in [2.45, 2.75) is 18.9 Å². The van der Waals surface area contributed by atoms with E-state index in [1.807, 2.05) is 10.1 Å². The van der Waals surface area contributed by atoms with Gasteiger partial charge in [-0.05, 0) is 25.0 Å². The van der Waals surface area contributed by atoms with E-state index >= 15 is 0 Å². The molecule has 12 heteroatoms. The smallest absolute Gasteiger partial charge is 0.291 e. The van der Waals surface area contributed by atoms with E-state index in [2.05, 4.69) is 20.5 Å². The van der Waals surface area contributed by atoms with Crippen LogP contribution in [-0.2, 0) is 9.53 Å². The number of furan rings is 1. The number of H-pyrrole nitrogens is 1. The van der Waals surface area contributed by atoms with Crippen molar-refractivity contribution < 1.29 is 23.8 Å². The molecule has 4 aromatic rings. The number of carbonyl (C=O) groups is 2. The SMILES string of the molecule is O=C(Nc1c(-c2nccs2)nn(C2CCOCC2)c1-c1cn[nH]c1)c1ccco1.O=CO. The van der Waals surface area contributed by atoms with Crippen molar-refractivity contribution in [3.05, 3.63) is 48.1 Å². The number of hydrogen-bond acceptors (Lipinski definition) is 8. The monoisotopic (exact) mass is 456 g/mol. The first kappa shape index (κ1) is 21.5. The average molecular weight is 456 g/mol. The highest BCUT2D eigenvalue weighted by molar-refractivity contribution is 7.13. The summed E-state index contributed by atoms with van der Waals surface area (Å²) in [6.07, 6.45) is 8.40. The van der Waals surface area contributed by atoms with E-state index in [0.717, 1.165) is 29.1 Å². The zero-order valence-corrected chi connectivity index (χ0v) is 17.6. The van der Waals surface area contributed by atoms with Crippen molar-refractivity contribution in [3.8, 4) is 22.0 Å². The predicted octanol–water partition coefficient (Wildman–Crippen LogP) is 3.29. The Hall–Kier alpha value is -3.77. The molecule has 3 N–H and O–H groups in total. The number of rotatable bonds is 5. The molecule has 5 rings (SSSR count). The number of carbonyl (C=O) groups excluding carboxylic acids is 1. The molecule has 4 aromatic heterocycles. The van der Waals surface area contributed by atoms with Crippen LogP contribution in [0.1, 0.15) is 29.4 Å². The van der Waals surface area contributed by atoms with Crippen molar-refractivity contribution in [1.82, 2.24) is 25.0 Å². The number of amides is 1. The molecule has 1 saturated heterocycles. The lowest BCUT2D eigenvalue weighted by molar-refractivity contribution is -0.122. The zero-order chi connectivity index (χ0) is 22.3. The molecule has 0 radical (unpaired) electrons. The Balaban J connectivity index is 0.000000775. The maximum atomic E-state index is 12.8. The van der Waals surface area contributed by atoms with E-state index in [1.165, 1.54) is 17.6 Å². The number of anilines is 1. The van der Waals surface area contributed by atoms with Gasteiger partial charge in [0.05, 0.1) is 29.9 Å². The van der Waals surface area contributed by atoms with Gasteiger partial charge >= 0.3 is 0 Å². The standard InChI is InChI=1S/C19H18N6O3S.CH2O2/c26-18(14-2-1-6-28-14)23-15-16(19-20-5-9-29-19)24-25(13-3-7-27-8-4-13)17(15)12-10-21-22-11-12;2-1-3/h1-2,5-6,9-11,13H,3-4,7-8H2,(H,21,22)(H,23,26);1H,(H,2,3). The van der Waals surface area contributed by atoms with Gasteiger partial charge in [-0.25, -0.2) is 4.98 Å². The highest BCUT2D eigenvalue weighted by Gasteiger charge is 2.29. The first-order valence-corrected chi connectivity index (χ1v) is 10.6. The highest BCUT2D eigenvalue weighted by atomic mass is 32.1. The van der Waals surface area contributed by atoms with Gasteiger partial charge in [0, 0.05) is 36.6 Å². The Morgan fingerprint density at radius 3 is 2.81 bits per heavy atom. The minimum atomic E-state index is -0.343. The molecule has 166 valence electrons. The third-order valence-corrected chi connectivity index (χ3v) is 5.62. The van der Waals surface area contributed by atoms with Gasteiger partial charge in [-0.2, -0.15) is 10.2 Å². The third-order valence-electron chi connectivity index (χ3n) is 4.84.